The minimum absolute atomic E-state index is 0.131. The molecule has 3 aromatic rings. The van der Waals surface area contributed by atoms with Gasteiger partial charge in [0.15, 0.2) is 6.61 Å². The molecule has 6 nitrogen and oxygen atoms in total. The molecule has 0 radical (unpaired) electrons. The minimum atomic E-state index is -0.360. The predicted molar refractivity (Wildman–Crippen MR) is 122 cm³/mol. The number of methoxy groups -OCH3 is 1. The van der Waals surface area contributed by atoms with Crippen molar-refractivity contribution in [3.05, 3.63) is 70.4 Å². The molecular formula is C24H25ClN2O4. The largest absolute Gasteiger partial charge is 0.495 e. The van der Waals surface area contributed by atoms with Gasteiger partial charge in [-0.15, -0.1) is 0 Å². The molecular weight excluding hydrogens is 416 g/mol. The van der Waals surface area contributed by atoms with Crippen molar-refractivity contribution in [3.63, 3.8) is 0 Å². The first-order valence-electron chi connectivity index (χ1n) is 9.86. The molecule has 7 heteroatoms. The number of nitrogens with zero attached hydrogens (tertiary/aromatic N) is 1. The highest BCUT2D eigenvalue weighted by Crippen LogP contribution is 2.31. The second-order valence-corrected chi connectivity index (χ2v) is 7.74. The molecule has 0 atom stereocenters. The number of rotatable bonds is 8. The Morgan fingerprint density at radius 3 is 2.68 bits per heavy atom. The molecule has 162 valence electrons. The zero-order chi connectivity index (χ0) is 22.4. The SMILES string of the molecule is COc1ccc(-c2ccc(C=NNC(=O)COc3cc(C)ccc3C(C)C)o2)cc1Cl. The van der Waals surface area contributed by atoms with Crippen LogP contribution in [0.15, 0.2) is 58.0 Å². The quantitative estimate of drug-likeness (QED) is 0.367. The molecule has 3 rings (SSSR count). The lowest BCUT2D eigenvalue weighted by atomic mass is 10.0. The summed E-state index contributed by atoms with van der Waals surface area (Å²) in [4.78, 5) is 12.1. The van der Waals surface area contributed by atoms with E-state index in [1.54, 1.807) is 31.4 Å². The van der Waals surface area contributed by atoms with E-state index in [4.69, 9.17) is 25.5 Å². The van der Waals surface area contributed by atoms with Crippen molar-refractivity contribution >= 4 is 23.7 Å². The lowest BCUT2D eigenvalue weighted by molar-refractivity contribution is -0.123. The van der Waals surface area contributed by atoms with Crippen molar-refractivity contribution in [1.82, 2.24) is 5.43 Å². The topological polar surface area (TPSA) is 73.1 Å². The van der Waals surface area contributed by atoms with Crippen LogP contribution in [0.25, 0.3) is 11.3 Å². The number of hydrogen-bond donors (Lipinski definition) is 1. The Bertz CT molecular complexity index is 1090. The average Bonchev–Trinajstić information content (AvgIpc) is 3.21. The van der Waals surface area contributed by atoms with Gasteiger partial charge in [-0.25, -0.2) is 5.43 Å². The van der Waals surface area contributed by atoms with E-state index in [1.807, 2.05) is 31.2 Å². The van der Waals surface area contributed by atoms with Crippen LogP contribution in [0.5, 0.6) is 11.5 Å². The third kappa shape index (κ3) is 5.89. The van der Waals surface area contributed by atoms with E-state index in [0.29, 0.717) is 34.0 Å². The van der Waals surface area contributed by atoms with Gasteiger partial charge in [-0.05, 0) is 60.4 Å². The number of nitrogens with one attached hydrogen (secondary N) is 1. The van der Waals surface area contributed by atoms with Crippen LogP contribution < -0.4 is 14.9 Å². The second kappa shape index (κ2) is 10.2. The number of amides is 1. The van der Waals surface area contributed by atoms with E-state index >= 15 is 0 Å². The number of carbonyl (C=O) groups is 1. The molecule has 2 aromatic carbocycles. The number of hydrazone groups is 1. The third-order valence-corrected chi connectivity index (χ3v) is 4.89. The molecule has 0 aliphatic rings. The Hall–Kier alpha value is -3.25. The monoisotopic (exact) mass is 440 g/mol. The van der Waals surface area contributed by atoms with Gasteiger partial charge in [0.05, 0.1) is 18.3 Å². The van der Waals surface area contributed by atoms with E-state index in [0.717, 1.165) is 16.7 Å². The fraction of sp³-hybridized carbons (Fsp3) is 0.250. The number of ether oxygens (including phenoxy) is 2. The first kappa shape index (κ1) is 22.4. The average molecular weight is 441 g/mol. The number of hydrogen-bond acceptors (Lipinski definition) is 5. The lowest BCUT2D eigenvalue weighted by Gasteiger charge is -2.14. The lowest BCUT2D eigenvalue weighted by Crippen LogP contribution is -2.24. The van der Waals surface area contributed by atoms with Crippen LogP contribution in [0.1, 0.15) is 36.7 Å². The summed E-state index contributed by atoms with van der Waals surface area (Å²) in [6.07, 6.45) is 1.43. The predicted octanol–water partition coefficient (Wildman–Crippen LogP) is 5.57. The van der Waals surface area contributed by atoms with Crippen molar-refractivity contribution in [1.29, 1.82) is 0 Å². The van der Waals surface area contributed by atoms with Crippen LogP contribution in [0.4, 0.5) is 0 Å². The van der Waals surface area contributed by atoms with Gasteiger partial charge >= 0.3 is 0 Å². The summed E-state index contributed by atoms with van der Waals surface area (Å²) < 4.78 is 16.6. The number of furan rings is 1. The summed E-state index contributed by atoms with van der Waals surface area (Å²) in [5.74, 6) is 2.36. The van der Waals surface area contributed by atoms with Crippen LogP contribution in [0.3, 0.4) is 0 Å². The van der Waals surface area contributed by atoms with Crippen LogP contribution in [0, 0.1) is 6.92 Å². The molecule has 0 bridgehead atoms. The second-order valence-electron chi connectivity index (χ2n) is 7.33. The molecule has 0 saturated carbocycles. The highest BCUT2D eigenvalue weighted by Gasteiger charge is 2.10. The summed E-state index contributed by atoms with van der Waals surface area (Å²) in [6.45, 7) is 6.02. The van der Waals surface area contributed by atoms with E-state index in [-0.39, 0.29) is 12.5 Å². The maximum atomic E-state index is 12.1. The molecule has 31 heavy (non-hydrogen) atoms. The molecule has 0 saturated heterocycles. The minimum Gasteiger partial charge on any atom is -0.495 e. The Kier molecular flexibility index (Phi) is 7.36. The van der Waals surface area contributed by atoms with E-state index < -0.39 is 0 Å². The van der Waals surface area contributed by atoms with Gasteiger partial charge in [-0.2, -0.15) is 5.10 Å². The molecule has 0 aliphatic carbocycles. The summed E-state index contributed by atoms with van der Waals surface area (Å²) in [5.41, 5.74) is 5.39. The van der Waals surface area contributed by atoms with Gasteiger partial charge in [0, 0.05) is 5.56 Å². The normalized spacial score (nSPS) is 11.2. The van der Waals surface area contributed by atoms with Crippen LogP contribution >= 0.6 is 11.6 Å². The molecule has 1 heterocycles. The van der Waals surface area contributed by atoms with Gasteiger partial charge in [-0.3, -0.25) is 4.79 Å². The van der Waals surface area contributed by atoms with Gasteiger partial charge in [0.2, 0.25) is 0 Å². The van der Waals surface area contributed by atoms with Crippen molar-refractivity contribution in [2.24, 2.45) is 5.10 Å². The molecule has 0 fully saturated rings. The molecule has 1 N–H and O–H groups in total. The highest BCUT2D eigenvalue weighted by atomic mass is 35.5. The maximum absolute atomic E-state index is 12.1. The van der Waals surface area contributed by atoms with Gasteiger partial charge in [0.1, 0.15) is 23.0 Å². The zero-order valence-corrected chi connectivity index (χ0v) is 18.7. The van der Waals surface area contributed by atoms with Gasteiger partial charge < -0.3 is 13.9 Å². The standard InChI is InChI=1S/C24H25ClN2O4/c1-15(2)19-8-5-16(3)11-23(19)30-14-24(28)27-26-13-18-7-10-21(31-18)17-6-9-22(29-4)20(25)12-17/h5-13,15H,14H2,1-4H3,(H,27,28). The zero-order valence-electron chi connectivity index (χ0n) is 17.9. The molecule has 0 spiro atoms. The van der Waals surface area contributed by atoms with Crippen molar-refractivity contribution in [3.8, 4) is 22.8 Å². The number of carbonyl (C=O) groups excluding carboxylic acids is 1. The van der Waals surface area contributed by atoms with E-state index in [9.17, 15) is 4.79 Å². The van der Waals surface area contributed by atoms with Crippen LogP contribution in [-0.4, -0.2) is 25.8 Å². The Morgan fingerprint density at radius 2 is 1.97 bits per heavy atom. The van der Waals surface area contributed by atoms with Crippen LogP contribution in [0.2, 0.25) is 5.02 Å². The third-order valence-electron chi connectivity index (χ3n) is 4.59. The van der Waals surface area contributed by atoms with E-state index in [1.165, 1.54) is 6.21 Å². The molecule has 1 aromatic heterocycles. The van der Waals surface area contributed by atoms with Crippen molar-refractivity contribution < 1.29 is 18.7 Å². The maximum Gasteiger partial charge on any atom is 0.277 e. The number of halogens is 1. The Labute approximate surface area is 186 Å². The molecule has 1 amide bonds. The molecule has 0 unspecified atom stereocenters. The smallest absolute Gasteiger partial charge is 0.277 e. The molecule has 0 aliphatic heterocycles. The summed E-state index contributed by atoms with van der Waals surface area (Å²) in [7, 11) is 1.56. The fourth-order valence-corrected chi connectivity index (χ4v) is 3.24. The van der Waals surface area contributed by atoms with Crippen molar-refractivity contribution in [2.75, 3.05) is 13.7 Å². The van der Waals surface area contributed by atoms with E-state index in [2.05, 4.69) is 24.4 Å². The first-order valence-corrected chi connectivity index (χ1v) is 10.2. The van der Waals surface area contributed by atoms with Crippen molar-refractivity contribution in [2.45, 2.75) is 26.7 Å². The summed E-state index contributed by atoms with van der Waals surface area (Å²) in [5, 5.41) is 4.43. The highest BCUT2D eigenvalue weighted by molar-refractivity contribution is 6.32. The first-order chi connectivity index (χ1) is 14.9. The number of benzene rings is 2. The summed E-state index contributed by atoms with van der Waals surface area (Å²) in [6, 6.07) is 14.9. The van der Waals surface area contributed by atoms with Gasteiger partial charge in [0.25, 0.3) is 5.91 Å². The fourth-order valence-electron chi connectivity index (χ4n) is 2.98. The van der Waals surface area contributed by atoms with Gasteiger partial charge in [-0.1, -0.05) is 37.6 Å². The number of aryl methyl sites for hydroxylation is 1. The Morgan fingerprint density at radius 1 is 1.16 bits per heavy atom. The Balaban J connectivity index is 1.56. The van der Waals surface area contributed by atoms with Crippen LogP contribution in [-0.2, 0) is 4.79 Å². The summed E-state index contributed by atoms with van der Waals surface area (Å²) >= 11 is 6.16.